The van der Waals surface area contributed by atoms with E-state index in [-0.39, 0.29) is 25.7 Å². The van der Waals surface area contributed by atoms with Crippen molar-refractivity contribution in [3.8, 4) is 0 Å². The van der Waals surface area contributed by atoms with Crippen LogP contribution in [0.3, 0.4) is 0 Å². The first-order valence-electron chi connectivity index (χ1n) is 33.1. The van der Waals surface area contributed by atoms with Gasteiger partial charge in [-0.25, -0.2) is 9.13 Å². The van der Waals surface area contributed by atoms with E-state index in [4.69, 9.17) is 37.0 Å². The molecule has 0 aromatic heterocycles. The second kappa shape index (κ2) is 56.8. The van der Waals surface area contributed by atoms with Crippen molar-refractivity contribution >= 4 is 39.5 Å². The minimum Gasteiger partial charge on any atom is -0.462 e. The first-order chi connectivity index (χ1) is 39.5. The zero-order chi connectivity index (χ0) is 60.6. The molecule has 486 valence electrons. The summed E-state index contributed by atoms with van der Waals surface area (Å²) in [5, 5.41) is 10.5. The zero-order valence-electron chi connectivity index (χ0n) is 52.6. The molecule has 0 aromatic rings. The van der Waals surface area contributed by atoms with E-state index >= 15 is 0 Å². The molecule has 0 amide bonds. The molecule has 0 bridgehead atoms. The lowest BCUT2D eigenvalue weighted by molar-refractivity contribution is -0.161. The normalized spacial score (nSPS) is 14.3. The van der Waals surface area contributed by atoms with Crippen LogP contribution in [0.25, 0.3) is 0 Å². The average Bonchev–Trinajstić information content (AvgIpc) is 3.46. The van der Waals surface area contributed by atoms with Crippen molar-refractivity contribution in [2.45, 2.75) is 335 Å². The number of phosphoric ester groups is 2. The van der Waals surface area contributed by atoms with Crippen LogP contribution in [-0.4, -0.2) is 96.7 Å². The second-order valence-corrected chi connectivity index (χ2v) is 26.2. The van der Waals surface area contributed by atoms with Gasteiger partial charge in [-0.15, -0.1) is 0 Å². The standard InChI is InChI=1S/C63H122O17P2/c1-6-9-12-15-18-21-23-24-26-28-33-38-43-48-62(67)79-58(53-74-61(66)47-42-37-32-27-25-22-19-16-13-10-7-2)54-77-81(69,70)75-50-57(64)51-76-82(71,72)78-55-59(52-73-60(65)46-41-36-31-20-17-14-11-8-3)80-63(68)49-44-39-34-29-30-35-40-45-56(4)5/h56-59,64H,6-55H2,1-5H3,(H,69,70)(H,71,72)/t57-,58-,59-/m1/s1. The number of carbonyl (C=O) groups is 4. The van der Waals surface area contributed by atoms with Crippen LogP contribution in [-0.2, 0) is 65.4 Å². The van der Waals surface area contributed by atoms with Crippen LogP contribution < -0.4 is 0 Å². The van der Waals surface area contributed by atoms with Crippen LogP contribution in [0.15, 0.2) is 0 Å². The Morgan fingerprint density at radius 2 is 0.561 bits per heavy atom. The predicted molar refractivity (Wildman–Crippen MR) is 326 cm³/mol. The van der Waals surface area contributed by atoms with Crippen LogP contribution >= 0.6 is 15.6 Å². The predicted octanol–water partition coefficient (Wildman–Crippen LogP) is 17.4. The van der Waals surface area contributed by atoms with Crippen LogP contribution in [0.5, 0.6) is 0 Å². The molecule has 0 fully saturated rings. The highest BCUT2D eigenvalue weighted by Crippen LogP contribution is 2.45. The summed E-state index contributed by atoms with van der Waals surface area (Å²) >= 11 is 0. The molecule has 0 aliphatic carbocycles. The number of phosphoric acid groups is 2. The Labute approximate surface area is 498 Å². The van der Waals surface area contributed by atoms with E-state index in [9.17, 15) is 43.2 Å². The lowest BCUT2D eigenvalue weighted by Crippen LogP contribution is -2.30. The third-order valence-electron chi connectivity index (χ3n) is 14.5. The van der Waals surface area contributed by atoms with Gasteiger partial charge in [0.15, 0.2) is 12.2 Å². The molecule has 17 nitrogen and oxygen atoms in total. The van der Waals surface area contributed by atoms with Crippen LogP contribution in [0.2, 0.25) is 0 Å². The first kappa shape index (κ1) is 80.1. The molecular formula is C63H122O17P2. The van der Waals surface area contributed by atoms with Crippen molar-refractivity contribution in [2.24, 2.45) is 5.92 Å². The summed E-state index contributed by atoms with van der Waals surface area (Å²) in [5.74, 6) is -1.44. The summed E-state index contributed by atoms with van der Waals surface area (Å²) in [6.07, 6.45) is 40.3. The van der Waals surface area contributed by atoms with Gasteiger partial charge in [0.1, 0.15) is 19.3 Å². The molecule has 0 saturated heterocycles. The van der Waals surface area contributed by atoms with Gasteiger partial charge in [0, 0.05) is 25.7 Å². The summed E-state index contributed by atoms with van der Waals surface area (Å²) in [5.41, 5.74) is 0. The van der Waals surface area contributed by atoms with Gasteiger partial charge in [0.25, 0.3) is 0 Å². The number of hydrogen-bond donors (Lipinski definition) is 3. The number of carbonyl (C=O) groups excluding carboxylic acids is 4. The van der Waals surface area contributed by atoms with E-state index in [0.717, 1.165) is 96.3 Å². The Hall–Kier alpha value is -1.94. The quantitative estimate of drug-likeness (QED) is 0.0222. The smallest absolute Gasteiger partial charge is 0.462 e. The van der Waals surface area contributed by atoms with Crippen LogP contribution in [0, 0.1) is 5.92 Å². The van der Waals surface area contributed by atoms with Crippen LogP contribution in [0.1, 0.15) is 317 Å². The second-order valence-electron chi connectivity index (χ2n) is 23.3. The topological polar surface area (TPSA) is 237 Å². The van der Waals surface area contributed by atoms with E-state index in [2.05, 4.69) is 34.6 Å². The Bertz CT molecular complexity index is 1600. The van der Waals surface area contributed by atoms with Gasteiger partial charge in [0.05, 0.1) is 26.4 Å². The molecule has 0 saturated carbocycles. The number of ether oxygens (including phenoxy) is 4. The minimum absolute atomic E-state index is 0.103. The molecule has 2 unspecified atom stereocenters. The molecule has 0 rings (SSSR count). The largest absolute Gasteiger partial charge is 0.472 e. The van der Waals surface area contributed by atoms with E-state index in [1.54, 1.807) is 0 Å². The van der Waals surface area contributed by atoms with E-state index in [0.29, 0.717) is 31.6 Å². The van der Waals surface area contributed by atoms with Crippen molar-refractivity contribution in [3.05, 3.63) is 0 Å². The first-order valence-corrected chi connectivity index (χ1v) is 36.1. The lowest BCUT2D eigenvalue weighted by Gasteiger charge is -2.21. The Balaban J connectivity index is 5.23. The van der Waals surface area contributed by atoms with Crippen molar-refractivity contribution in [2.75, 3.05) is 39.6 Å². The molecule has 0 spiro atoms. The zero-order valence-corrected chi connectivity index (χ0v) is 54.4. The van der Waals surface area contributed by atoms with E-state index in [1.807, 2.05) is 0 Å². The molecule has 0 aromatic carbocycles. The molecule has 0 aliphatic heterocycles. The molecule has 5 atom stereocenters. The number of hydrogen-bond acceptors (Lipinski definition) is 15. The fourth-order valence-electron chi connectivity index (χ4n) is 9.41. The monoisotopic (exact) mass is 1210 g/mol. The third kappa shape index (κ3) is 57.2. The number of unbranched alkanes of at least 4 members (excludes halogenated alkanes) is 35. The minimum atomic E-state index is -4.94. The van der Waals surface area contributed by atoms with Crippen molar-refractivity contribution in [3.63, 3.8) is 0 Å². The fourth-order valence-corrected chi connectivity index (χ4v) is 11.0. The van der Waals surface area contributed by atoms with Gasteiger partial charge in [-0.1, -0.05) is 266 Å². The third-order valence-corrected chi connectivity index (χ3v) is 16.4. The van der Waals surface area contributed by atoms with Gasteiger partial charge >= 0.3 is 39.5 Å². The summed E-state index contributed by atoms with van der Waals surface area (Å²) in [7, 11) is -9.88. The summed E-state index contributed by atoms with van der Waals surface area (Å²) in [6, 6.07) is 0. The number of aliphatic hydroxyl groups is 1. The highest BCUT2D eigenvalue weighted by molar-refractivity contribution is 7.47. The maximum atomic E-state index is 13.0. The Morgan fingerprint density at radius 1 is 0.329 bits per heavy atom. The fraction of sp³-hybridized carbons (Fsp3) is 0.937. The van der Waals surface area contributed by atoms with Gasteiger partial charge in [0.2, 0.25) is 0 Å². The van der Waals surface area contributed by atoms with Gasteiger partial charge in [-0.05, 0) is 31.6 Å². The highest BCUT2D eigenvalue weighted by Gasteiger charge is 2.30. The maximum absolute atomic E-state index is 13.0. The average molecular weight is 1210 g/mol. The lowest BCUT2D eigenvalue weighted by atomic mass is 10.0. The molecule has 82 heavy (non-hydrogen) atoms. The van der Waals surface area contributed by atoms with Crippen molar-refractivity contribution in [1.82, 2.24) is 0 Å². The summed E-state index contributed by atoms with van der Waals surface area (Å²) in [6.45, 7) is 7.10. The molecule has 19 heteroatoms. The SMILES string of the molecule is CCCCCCCCCCCCCCCC(=O)O[C@H](COC(=O)CCCCCCCCCCCCC)COP(=O)(O)OC[C@@H](O)COP(=O)(O)OC[C@@H](COC(=O)CCCCCCCCCC)OC(=O)CCCCCCCCCC(C)C. The molecular weight excluding hydrogens is 1090 g/mol. The number of rotatable bonds is 63. The molecule has 3 N–H and O–H groups in total. The van der Waals surface area contributed by atoms with Gasteiger partial charge in [-0.2, -0.15) is 0 Å². The van der Waals surface area contributed by atoms with E-state index < -0.39 is 97.5 Å². The number of esters is 4. The Kier molecular flexibility index (Phi) is 55.5. The van der Waals surface area contributed by atoms with E-state index in [1.165, 1.54) is 135 Å². The number of aliphatic hydroxyl groups excluding tert-OH is 1. The van der Waals surface area contributed by atoms with Crippen molar-refractivity contribution in [1.29, 1.82) is 0 Å². The van der Waals surface area contributed by atoms with Crippen molar-refractivity contribution < 1.29 is 80.2 Å². The Morgan fingerprint density at radius 3 is 0.829 bits per heavy atom. The van der Waals surface area contributed by atoms with Gasteiger partial charge in [-0.3, -0.25) is 37.3 Å². The van der Waals surface area contributed by atoms with Gasteiger partial charge < -0.3 is 33.8 Å². The molecule has 0 radical (unpaired) electrons. The highest BCUT2D eigenvalue weighted by atomic mass is 31.2. The summed E-state index contributed by atoms with van der Waals surface area (Å²) in [4.78, 5) is 72.1. The van der Waals surface area contributed by atoms with Crippen LogP contribution in [0.4, 0.5) is 0 Å². The maximum Gasteiger partial charge on any atom is 0.472 e. The molecule has 0 aliphatic rings. The molecule has 0 heterocycles. The summed E-state index contributed by atoms with van der Waals surface area (Å²) < 4.78 is 67.9.